The molecule has 6 heteroatoms. The van der Waals surface area contributed by atoms with E-state index >= 15 is 0 Å². The molecule has 0 aliphatic rings. The Labute approximate surface area is 126 Å². The van der Waals surface area contributed by atoms with Crippen LogP contribution in [0.2, 0.25) is 0 Å². The van der Waals surface area contributed by atoms with Gasteiger partial charge in [-0.3, -0.25) is 4.79 Å². The number of hydrogen-bond acceptors (Lipinski definition) is 4. The van der Waals surface area contributed by atoms with Crippen LogP contribution >= 0.6 is 11.3 Å². The number of hydrogen-bond donors (Lipinski definition) is 1. The monoisotopic (exact) mass is 304 g/mol. The first-order chi connectivity index (χ1) is 9.99. The number of amides is 1. The lowest BCUT2D eigenvalue weighted by molar-refractivity contribution is 0.0690. The van der Waals surface area contributed by atoms with Gasteiger partial charge in [0.2, 0.25) is 0 Å². The summed E-state index contributed by atoms with van der Waals surface area (Å²) in [7, 11) is 0. The normalized spacial score (nSPS) is 10.6. The molecule has 1 N–H and O–H groups in total. The van der Waals surface area contributed by atoms with Gasteiger partial charge >= 0.3 is 5.97 Å². The zero-order valence-corrected chi connectivity index (χ0v) is 12.6. The molecule has 0 aliphatic heterocycles. The summed E-state index contributed by atoms with van der Waals surface area (Å²) in [6, 6.07) is 6.79. The maximum absolute atomic E-state index is 12.6. The third-order valence-corrected chi connectivity index (χ3v) is 3.88. The van der Waals surface area contributed by atoms with Crippen LogP contribution in [0.1, 0.15) is 39.6 Å². The number of aromatic nitrogens is 1. The van der Waals surface area contributed by atoms with Crippen molar-refractivity contribution in [3.05, 3.63) is 52.0 Å². The number of carbonyl (C=O) groups excluding carboxylic acids is 1. The number of pyridine rings is 1. The fourth-order valence-corrected chi connectivity index (χ4v) is 2.61. The summed E-state index contributed by atoms with van der Waals surface area (Å²) in [4.78, 5) is 30.1. The third-order valence-electron chi connectivity index (χ3n) is 3.02. The second kappa shape index (κ2) is 6.49. The average molecular weight is 304 g/mol. The molecule has 0 radical (unpaired) electrons. The van der Waals surface area contributed by atoms with Crippen LogP contribution in [-0.2, 0) is 6.54 Å². The number of aromatic carboxylic acids is 1. The lowest BCUT2D eigenvalue weighted by Crippen LogP contribution is -2.36. The van der Waals surface area contributed by atoms with Crippen LogP contribution in [0.25, 0.3) is 0 Å². The first-order valence-electron chi connectivity index (χ1n) is 6.51. The molecule has 0 unspecified atom stereocenters. The van der Waals surface area contributed by atoms with Gasteiger partial charge in [-0.25, -0.2) is 9.78 Å². The van der Waals surface area contributed by atoms with Crippen molar-refractivity contribution in [3.8, 4) is 0 Å². The minimum atomic E-state index is -1.14. The minimum absolute atomic E-state index is 0.0149. The molecule has 110 valence electrons. The van der Waals surface area contributed by atoms with E-state index in [1.807, 2.05) is 31.4 Å². The molecule has 0 aromatic carbocycles. The quantitative estimate of drug-likeness (QED) is 0.922. The van der Waals surface area contributed by atoms with Crippen molar-refractivity contribution in [2.24, 2.45) is 0 Å². The molecular formula is C15H16N2O3S. The molecule has 21 heavy (non-hydrogen) atoms. The largest absolute Gasteiger partial charge is 0.477 e. The fraction of sp³-hybridized carbons (Fsp3) is 0.267. The maximum Gasteiger partial charge on any atom is 0.354 e. The van der Waals surface area contributed by atoms with Crippen LogP contribution in [0.5, 0.6) is 0 Å². The van der Waals surface area contributed by atoms with E-state index in [2.05, 4.69) is 4.98 Å². The number of nitrogens with zero attached hydrogens (tertiary/aromatic N) is 2. The van der Waals surface area contributed by atoms with Gasteiger partial charge in [-0.05, 0) is 37.4 Å². The Balaban J connectivity index is 2.26. The Bertz CT molecular complexity index is 638. The average Bonchev–Trinajstić information content (AvgIpc) is 2.97. The third kappa shape index (κ3) is 3.66. The van der Waals surface area contributed by atoms with Crippen molar-refractivity contribution < 1.29 is 14.7 Å². The molecule has 0 atom stereocenters. The van der Waals surface area contributed by atoms with E-state index in [-0.39, 0.29) is 17.6 Å². The van der Waals surface area contributed by atoms with Gasteiger partial charge in [0.25, 0.3) is 5.91 Å². The van der Waals surface area contributed by atoms with Gasteiger partial charge in [-0.2, -0.15) is 0 Å². The van der Waals surface area contributed by atoms with Gasteiger partial charge in [0, 0.05) is 22.7 Å². The molecule has 2 aromatic rings. The molecule has 0 spiro atoms. The predicted octanol–water partition coefficient (Wildman–Crippen LogP) is 2.89. The Morgan fingerprint density at radius 2 is 2.14 bits per heavy atom. The Kier molecular flexibility index (Phi) is 4.70. The van der Waals surface area contributed by atoms with Gasteiger partial charge in [0.1, 0.15) is 5.69 Å². The van der Waals surface area contributed by atoms with Crippen molar-refractivity contribution in [2.75, 3.05) is 0 Å². The Morgan fingerprint density at radius 3 is 2.71 bits per heavy atom. The SMILES string of the molecule is CC(C)N(Cc1cccs1)C(=O)c1ccnc(C(=O)O)c1. The summed E-state index contributed by atoms with van der Waals surface area (Å²) in [6.07, 6.45) is 1.35. The van der Waals surface area contributed by atoms with Crippen molar-refractivity contribution in [1.29, 1.82) is 0 Å². The summed E-state index contributed by atoms with van der Waals surface area (Å²) < 4.78 is 0. The molecule has 0 fully saturated rings. The molecule has 0 bridgehead atoms. The van der Waals surface area contributed by atoms with E-state index < -0.39 is 5.97 Å². The molecule has 2 aromatic heterocycles. The second-order valence-electron chi connectivity index (χ2n) is 4.84. The van der Waals surface area contributed by atoms with Crippen LogP contribution in [0.4, 0.5) is 0 Å². The predicted molar refractivity (Wildman–Crippen MR) is 80.5 cm³/mol. The topological polar surface area (TPSA) is 70.5 Å². The van der Waals surface area contributed by atoms with Gasteiger partial charge in [-0.1, -0.05) is 6.07 Å². The van der Waals surface area contributed by atoms with Crippen molar-refractivity contribution in [2.45, 2.75) is 26.4 Å². The van der Waals surface area contributed by atoms with Gasteiger partial charge < -0.3 is 10.0 Å². The summed E-state index contributed by atoms with van der Waals surface area (Å²) in [6.45, 7) is 4.38. The number of rotatable bonds is 5. The molecule has 0 saturated carbocycles. The molecule has 2 heterocycles. The molecule has 0 saturated heterocycles. The van der Waals surface area contributed by atoms with Crippen LogP contribution < -0.4 is 0 Å². The van der Waals surface area contributed by atoms with E-state index in [1.165, 1.54) is 12.3 Å². The first-order valence-corrected chi connectivity index (χ1v) is 7.39. The van der Waals surface area contributed by atoms with Gasteiger partial charge in [-0.15, -0.1) is 11.3 Å². The van der Waals surface area contributed by atoms with Crippen molar-refractivity contribution >= 4 is 23.2 Å². The highest BCUT2D eigenvalue weighted by atomic mass is 32.1. The molecule has 5 nitrogen and oxygen atoms in total. The maximum atomic E-state index is 12.6. The number of carbonyl (C=O) groups is 2. The first kappa shape index (κ1) is 15.2. The highest BCUT2D eigenvalue weighted by Gasteiger charge is 2.20. The van der Waals surface area contributed by atoms with Gasteiger partial charge in [0.05, 0.1) is 6.54 Å². The summed E-state index contributed by atoms with van der Waals surface area (Å²) in [5.41, 5.74) is 0.216. The summed E-state index contributed by atoms with van der Waals surface area (Å²) in [5.74, 6) is -1.33. The number of carboxylic acid groups (broad SMARTS) is 1. The Hall–Kier alpha value is -2.21. The minimum Gasteiger partial charge on any atom is -0.477 e. The van der Waals surface area contributed by atoms with E-state index in [4.69, 9.17) is 5.11 Å². The lowest BCUT2D eigenvalue weighted by Gasteiger charge is -2.26. The van der Waals surface area contributed by atoms with Crippen molar-refractivity contribution in [1.82, 2.24) is 9.88 Å². The van der Waals surface area contributed by atoms with Crippen molar-refractivity contribution in [3.63, 3.8) is 0 Å². The molecule has 0 aliphatic carbocycles. The van der Waals surface area contributed by atoms with Crippen LogP contribution in [-0.4, -0.2) is 32.9 Å². The summed E-state index contributed by atoms with van der Waals surface area (Å²) >= 11 is 1.59. The number of thiophene rings is 1. The fourth-order valence-electron chi connectivity index (χ4n) is 1.91. The van der Waals surface area contributed by atoms with E-state index in [0.29, 0.717) is 12.1 Å². The lowest BCUT2D eigenvalue weighted by atomic mass is 10.1. The molecule has 2 rings (SSSR count). The van der Waals surface area contributed by atoms with E-state index in [9.17, 15) is 9.59 Å². The Morgan fingerprint density at radius 1 is 1.38 bits per heavy atom. The number of carboxylic acids is 1. The smallest absolute Gasteiger partial charge is 0.354 e. The highest BCUT2D eigenvalue weighted by Crippen LogP contribution is 2.17. The standard InChI is InChI=1S/C15H16N2O3S/c1-10(2)17(9-12-4-3-7-21-12)14(18)11-5-6-16-13(8-11)15(19)20/h3-8,10H,9H2,1-2H3,(H,19,20). The zero-order valence-electron chi connectivity index (χ0n) is 11.8. The van der Waals surface area contributed by atoms with Gasteiger partial charge in [0.15, 0.2) is 0 Å². The van der Waals surface area contributed by atoms with Crippen LogP contribution in [0.3, 0.4) is 0 Å². The highest BCUT2D eigenvalue weighted by molar-refractivity contribution is 7.09. The molecular weight excluding hydrogens is 288 g/mol. The van der Waals surface area contributed by atoms with Crippen LogP contribution in [0, 0.1) is 0 Å². The van der Waals surface area contributed by atoms with Crippen LogP contribution in [0.15, 0.2) is 35.8 Å². The second-order valence-corrected chi connectivity index (χ2v) is 5.87. The van der Waals surface area contributed by atoms with E-state index in [0.717, 1.165) is 4.88 Å². The molecule has 1 amide bonds. The van der Waals surface area contributed by atoms with E-state index in [1.54, 1.807) is 22.3 Å². The zero-order chi connectivity index (χ0) is 15.4. The summed E-state index contributed by atoms with van der Waals surface area (Å²) in [5, 5.41) is 10.9.